The zero-order valence-electron chi connectivity index (χ0n) is 19.0. The SMILES string of the molecule is COc1cc(/C=C2\SC(=O)N(Cc3ccc(C)cc3)C2=O)ccc1OC(=O)c1cccc(C)c1. The molecule has 0 N–H and O–H groups in total. The largest absolute Gasteiger partial charge is 0.493 e. The van der Waals surface area contributed by atoms with Gasteiger partial charge in [0.1, 0.15) is 0 Å². The van der Waals surface area contributed by atoms with Gasteiger partial charge in [-0.05, 0) is 67.1 Å². The minimum absolute atomic E-state index is 0.222. The Morgan fingerprint density at radius 2 is 1.71 bits per heavy atom. The Hall–Kier alpha value is -3.84. The van der Waals surface area contributed by atoms with Gasteiger partial charge in [-0.25, -0.2) is 4.79 Å². The Morgan fingerprint density at radius 1 is 0.941 bits per heavy atom. The molecule has 0 unspecified atom stereocenters. The summed E-state index contributed by atoms with van der Waals surface area (Å²) in [4.78, 5) is 39.4. The molecule has 4 rings (SSSR count). The minimum atomic E-state index is -0.494. The standard InChI is InChI=1S/C27H23NO5S/c1-17-7-9-19(10-8-17)16-28-25(29)24(34-27(28)31)15-20-11-12-22(23(14-20)32-3)33-26(30)21-6-4-5-18(2)13-21/h4-15H,16H2,1-3H3/b24-15-. The van der Waals surface area contributed by atoms with Crippen LogP contribution in [0.3, 0.4) is 0 Å². The van der Waals surface area contributed by atoms with Crippen LogP contribution >= 0.6 is 11.8 Å². The van der Waals surface area contributed by atoms with E-state index in [-0.39, 0.29) is 23.4 Å². The van der Waals surface area contributed by atoms with E-state index in [0.29, 0.717) is 21.8 Å². The number of thioether (sulfide) groups is 1. The maximum absolute atomic E-state index is 12.9. The van der Waals surface area contributed by atoms with E-state index < -0.39 is 5.97 Å². The summed E-state index contributed by atoms with van der Waals surface area (Å²) in [6, 6.07) is 19.8. The normalized spacial score (nSPS) is 14.6. The van der Waals surface area contributed by atoms with E-state index in [1.165, 1.54) is 12.0 Å². The number of benzene rings is 3. The van der Waals surface area contributed by atoms with Crippen LogP contribution in [-0.4, -0.2) is 29.1 Å². The molecule has 1 fully saturated rings. The number of rotatable bonds is 6. The second kappa shape index (κ2) is 9.97. The van der Waals surface area contributed by atoms with E-state index in [1.54, 1.807) is 42.5 Å². The fourth-order valence-electron chi connectivity index (χ4n) is 3.45. The van der Waals surface area contributed by atoms with Gasteiger partial charge in [-0.3, -0.25) is 14.5 Å². The second-order valence-electron chi connectivity index (χ2n) is 7.92. The number of hydrogen-bond acceptors (Lipinski definition) is 6. The monoisotopic (exact) mass is 473 g/mol. The van der Waals surface area contributed by atoms with E-state index in [9.17, 15) is 14.4 Å². The van der Waals surface area contributed by atoms with Crippen molar-refractivity contribution in [3.63, 3.8) is 0 Å². The highest BCUT2D eigenvalue weighted by atomic mass is 32.2. The Labute approximate surface area is 202 Å². The smallest absolute Gasteiger partial charge is 0.343 e. The molecule has 1 aliphatic rings. The number of carbonyl (C=O) groups excluding carboxylic acids is 3. The molecule has 1 aliphatic heterocycles. The number of imide groups is 1. The minimum Gasteiger partial charge on any atom is -0.493 e. The summed E-state index contributed by atoms with van der Waals surface area (Å²) in [6.07, 6.45) is 1.63. The Morgan fingerprint density at radius 3 is 2.41 bits per heavy atom. The lowest BCUT2D eigenvalue weighted by atomic mass is 10.1. The van der Waals surface area contributed by atoms with Gasteiger partial charge in [0.05, 0.1) is 24.1 Å². The molecule has 1 heterocycles. The first-order chi connectivity index (χ1) is 16.3. The van der Waals surface area contributed by atoms with Crippen molar-refractivity contribution in [2.45, 2.75) is 20.4 Å². The number of methoxy groups -OCH3 is 1. The average Bonchev–Trinajstić information content (AvgIpc) is 3.08. The van der Waals surface area contributed by atoms with Gasteiger partial charge in [0.25, 0.3) is 11.1 Å². The first-order valence-corrected chi connectivity index (χ1v) is 11.4. The van der Waals surface area contributed by atoms with Gasteiger partial charge in [0, 0.05) is 0 Å². The predicted octanol–water partition coefficient (Wildman–Crippen LogP) is 5.77. The molecular formula is C27H23NO5S. The van der Waals surface area contributed by atoms with Crippen LogP contribution in [0.2, 0.25) is 0 Å². The summed E-state index contributed by atoms with van der Waals surface area (Å²) in [6.45, 7) is 4.10. The highest BCUT2D eigenvalue weighted by molar-refractivity contribution is 8.18. The maximum atomic E-state index is 12.9. The fourth-order valence-corrected chi connectivity index (χ4v) is 4.29. The van der Waals surface area contributed by atoms with Crippen LogP contribution in [0, 0.1) is 13.8 Å². The first kappa shape index (κ1) is 23.3. The number of carbonyl (C=O) groups is 3. The van der Waals surface area contributed by atoms with E-state index in [4.69, 9.17) is 9.47 Å². The summed E-state index contributed by atoms with van der Waals surface area (Å²) in [5.74, 6) is -0.233. The third-order valence-corrected chi connectivity index (χ3v) is 6.18. The van der Waals surface area contributed by atoms with Gasteiger partial charge in [-0.1, -0.05) is 53.6 Å². The van der Waals surface area contributed by atoms with Crippen LogP contribution in [0.1, 0.15) is 32.6 Å². The van der Waals surface area contributed by atoms with Gasteiger partial charge in [-0.2, -0.15) is 0 Å². The topological polar surface area (TPSA) is 72.9 Å². The van der Waals surface area contributed by atoms with Crippen LogP contribution in [0.15, 0.2) is 71.6 Å². The van der Waals surface area contributed by atoms with Crippen molar-refractivity contribution in [2.75, 3.05) is 7.11 Å². The molecule has 2 amide bonds. The Kier molecular flexibility index (Phi) is 6.84. The molecule has 1 saturated heterocycles. The van der Waals surface area contributed by atoms with Crippen molar-refractivity contribution in [2.24, 2.45) is 0 Å². The van der Waals surface area contributed by atoms with Gasteiger partial charge >= 0.3 is 5.97 Å². The third kappa shape index (κ3) is 5.21. The molecule has 3 aromatic rings. The maximum Gasteiger partial charge on any atom is 0.343 e. The van der Waals surface area contributed by atoms with Crippen molar-refractivity contribution < 1.29 is 23.9 Å². The number of aryl methyl sites for hydroxylation is 2. The fraction of sp³-hybridized carbons (Fsp3) is 0.148. The van der Waals surface area contributed by atoms with E-state index in [1.807, 2.05) is 44.2 Å². The molecule has 0 aromatic heterocycles. The molecule has 0 radical (unpaired) electrons. The quantitative estimate of drug-likeness (QED) is 0.257. The van der Waals surface area contributed by atoms with Crippen LogP contribution in [-0.2, 0) is 11.3 Å². The lowest BCUT2D eigenvalue weighted by Crippen LogP contribution is -2.27. The molecule has 0 atom stereocenters. The van der Waals surface area contributed by atoms with Gasteiger partial charge in [0.15, 0.2) is 11.5 Å². The molecule has 3 aromatic carbocycles. The van der Waals surface area contributed by atoms with Crippen LogP contribution < -0.4 is 9.47 Å². The predicted molar refractivity (Wildman–Crippen MR) is 132 cm³/mol. The molecule has 34 heavy (non-hydrogen) atoms. The highest BCUT2D eigenvalue weighted by Crippen LogP contribution is 2.35. The summed E-state index contributed by atoms with van der Waals surface area (Å²) >= 11 is 0.898. The summed E-state index contributed by atoms with van der Waals surface area (Å²) in [5, 5.41) is -0.313. The van der Waals surface area contributed by atoms with Gasteiger partial charge in [-0.15, -0.1) is 0 Å². The lowest BCUT2D eigenvalue weighted by molar-refractivity contribution is -0.123. The zero-order chi connectivity index (χ0) is 24.2. The Bertz CT molecular complexity index is 1300. The van der Waals surface area contributed by atoms with Gasteiger partial charge in [0.2, 0.25) is 0 Å². The number of ether oxygens (including phenoxy) is 2. The van der Waals surface area contributed by atoms with Crippen LogP contribution in [0.25, 0.3) is 6.08 Å². The van der Waals surface area contributed by atoms with Crippen molar-refractivity contribution in [3.05, 3.63) is 99.5 Å². The van der Waals surface area contributed by atoms with Crippen LogP contribution in [0.5, 0.6) is 11.5 Å². The van der Waals surface area contributed by atoms with E-state index in [2.05, 4.69) is 0 Å². The number of hydrogen-bond donors (Lipinski definition) is 0. The summed E-state index contributed by atoms with van der Waals surface area (Å²) in [5.41, 5.74) is 4.03. The molecular weight excluding hydrogens is 450 g/mol. The van der Waals surface area contributed by atoms with Crippen molar-refractivity contribution >= 4 is 35.0 Å². The zero-order valence-corrected chi connectivity index (χ0v) is 19.8. The summed E-state index contributed by atoms with van der Waals surface area (Å²) in [7, 11) is 1.47. The van der Waals surface area contributed by atoms with E-state index >= 15 is 0 Å². The third-order valence-electron chi connectivity index (χ3n) is 5.28. The molecule has 0 aliphatic carbocycles. The molecule has 7 heteroatoms. The number of amides is 2. The number of esters is 1. The van der Waals surface area contributed by atoms with Crippen molar-refractivity contribution in [3.8, 4) is 11.5 Å². The number of nitrogens with zero attached hydrogens (tertiary/aromatic N) is 1. The lowest BCUT2D eigenvalue weighted by Gasteiger charge is -2.12. The molecule has 0 saturated carbocycles. The molecule has 0 bridgehead atoms. The highest BCUT2D eigenvalue weighted by Gasteiger charge is 2.35. The molecule has 172 valence electrons. The molecule has 0 spiro atoms. The summed E-state index contributed by atoms with van der Waals surface area (Å²) < 4.78 is 10.9. The first-order valence-electron chi connectivity index (χ1n) is 10.6. The van der Waals surface area contributed by atoms with Gasteiger partial charge < -0.3 is 9.47 Å². The van der Waals surface area contributed by atoms with Crippen LogP contribution in [0.4, 0.5) is 4.79 Å². The Balaban J connectivity index is 1.51. The molecule has 6 nitrogen and oxygen atoms in total. The van der Waals surface area contributed by atoms with Crippen molar-refractivity contribution in [1.82, 2.24) is 4.90 Å². The van der Waals surface area contributed by atoms with E-state index in [0.717, 1.165) is 28.5 Å². The second-order valence-corrected chi connectivity index (χ2v) is 8.92. The van der Waals surface area contributed by atoms with Crippen molar-refractivity contribution in [1.29, 1.82) is 0 Å². The average molecular weight is 474 g/mol.